The Kier molecular flexibility index (Phi) is 3.75. The quantitative estimate of drug-likeness (QED) is 0.735. The lowest BCUT2D eigenvalue weighted by molar-refractivity contribution is -0.112. The fraction of sp³-hybridized carbons (Fsp3) is 0.385. The molecule has 1 heterocycles. The molecule has 1 aliphatic heterocycles. The minimum atomic E-state index is -0.372. The zero-order chi connectivity index (χ0) is 12.1. The molecule has 0 spiro atoms. The molecular formula is C13H15NO3. The normalized spacial score (nSPS) is 19.8. The zero-order valence-electron chi connectivity index (χ0n) is 9.54. The number of likely N-dealkylation sites (tertiary alicyclic amines) is 1. The van der Waals surface area contributed by atoms with Gasteiger partial charge in [0.1, 0.15) is 12.0 Å². The Balaban J connectivity index is 1.93. The van der Waals surface area contributed by atoms with Crippen molar-refractivity contribution < 1.29 is 14.3 Å². The van der Waals surface area contributed by atoms with Crippen molar-refractivity contribution in [1.82, 2.24) is 4.90 Å². The van der Waals surface area contributed by atoms with Crippen molar-refractivity contribution in [3.63, 3.8) is 0 Å². The summed E-state index contributed by atoms with van der Waals surface area (Å²) in [7, 11) is 0. The Labute approximate surface area is 100 Å². The second kappa shape index (κ2) is 5.48. The molecule has 17 heavy (non-hydrogen) atoms. The minimum Gasteiger partial charge on any atom is -0.410 e. The van der Waals surface area contributed by atoms with E-state index in [-0.39, 0.29) is 12.0 Å². The third kappa shape index (κ3) is 3.06. The van der Waals surface area contributed by atoms with E-state index < -0.39 is 0 Å². The van der Waals surface area contributed by atoms with Crippen LogP contribution in [0.4, 0.5) is 4.79 Å². The lowest BCUT2D eigenvalue weighted by Gasteiger charge is -2.29. The number of carbonyl (C=O) groups is 2. The number of piperidine rings is 1. The van der Waals surface area contributed by atoms with Gasteiger partial charge in [0.2, 0.25) is 0 Å². The van der Waals surface area contributed by atoms with Crippen molar-refractivity contribution >= 4 is 12.4 Å². The van der Waals surface area contributed by atoms with Gasteiger partial charge >= 0.3 is 6.09 Å². The van der Waals surface area contributed by atoms with E-state index in [1.807, 2.05) is 18.2 Å². The van der Waals surface area contributed by atoms with Crippen LogP contribution in [0.5, 0.6) is 5.75 Å². The van der Waals surface area contributed by atoms with Crippen LogP contribution in [-0.4, -0.2) is 30.4 Å². The molecule has 1 aromatic rings. The Morgan fingerprint density at radius 1 is 1.35 bits per heavy atom. The van der Waals surface area contributed by atoms with E-state index in [0.29, 0.717) is 18.8 Å². The molecule has 1 atom stereocenters. The van der Waals surface area contributed by atoms with Crippen molar-refractivity contribution in [2.24, 2.45) is 5.92 Å². The molecule has 0 saturated carbocycles. The van der Waals surface area contributed by atoms with E-state index in [1.54, 1.807) is 17.0 Å². The van der Waals surface area contributed by atoms with Gasteiger partial charge in [0.25, 0.3) is 0 Å². The van der Waals surface area contributed by atoms with Crippen LogP contribution in [0.15, 0.2) is 30.3 Å². The second-order valence-corrected chi connectivity index (χ2v) is 4.17. The number of benzene rings is 1. The minimum absolute atomic E-state index is 0.0490. The zero-order valence-corrected chi connectivity index (χ0v) is 9.54. The highest BCUT2D eigenvalue weighted by atomic mass is 16.6. The van der Waals surface area contributed by atoms with E-state index in [2.05, 4.69) is 0 Å². The Morgan fingerprint density at radius 3 is 2.82 bits per heavy atom. The smallest absolute Gasteiger partial charge is 0.410 e. The molecular weight excluding hydrogens is 218 g/mol. The highest BCUT2D eigenvalue weighted by Crippen LogP contribution is 2.17. The summed E-state index contributed by atoms with van der Waals surface area (Å²) in [5.74, 6) is 0.484. The van der Waals surface area contributed by atoms with Gasteiger partial charge in [-0.2, -0.15) is 0 Å². The summed E-state index contributed by atoms with van der Waals surface area (Å²) >= 11 is 0. The van der Waals surface area contributed by atoms with E-state index in [1.165, 1.54) is 0 Å². The van der Waals surface area contributed by atoms with Gasteiger partial charge in [-0.05, 0) is 25.0 Å². The molecule has 4 heteroatoms. The molecule has 0 N–H and O–H groups in total. The number of hydrogen-bond donors (Lipinski definition) is 0. The summed E-state index contributed by atoms with van der Waals surface area (Å²) in [6.45, 7) is 1.13. The first kappa shape index (κ1) is 11.6. The molecule has 0 bridgehead atoms. The van der Waals surface area contributed by atoms with Crippen LogP contribution in [0.1, 0.15) is 12.8 Å². The topological polar surface area (TPSA) is 46.6 Å². The van der Waals surface area contributed by atoms with E-state index in [4.69, 9.17) is 4.74 Å². The maximum atomic E-state index is 11.8. The number of carbonyl (C=O) groups excluding carboxylic acids is 2. The van der Waals surface area contributed by atoms with Crippen LogP contribution < -0.4 is 4.74 Å². The predicted octanol–water partition coefficient (Wildman–Crippen LogP) is 2.10. The fourth-order valence-corrected chi connectivity index (χ4v) is 1.94. The number of hydrogen-bond acceptors (Lipinski definition) is 3. The monoisotopic (exact) mass is 233 g/mol. The summed E-state index contributed by atoms with van der Waals surface area (Å²) in [5.41, 5.74) is 0. The van der Waals surface area contributed by atoms with E-state index in [0.717, 1.165) is 19.1 Å². The Bertz CT molecular complexity index is 391. The lowest BCUT2D eigenvalue weighted by atomic mass is 10.0. The molecule has 1 amide bonds. The first-order valence-electron chi connectivity index (χ1n) is 5.76. The second-order valence-electron chi connectivity index (χ2n) is 4.17. The highest BCUT2D eigenvalue weighted by Gasteiger charge is 2.24. The highest BCUT2D eigenvalue weighted by molar-refractivity contribution is 5.71. The summed E-state index contributed by atoms with van der Waals surface area (Å²) in [4.78, 5) is 24.1. The Hall–Kier alpha value is -1.84. The van der Waals surface area contributed by atoms with E-state index in [9.17, 15) is 9.59 Å². The molecule has 90 valence electrons. The van der Waals surface area contributed by atoms with Crippen molar-refractivity contribution in [3.8, 4) is 5.75 Å². The fourth-order valence-electron chi connectivity index (χ4n) is 1.94. The number of para-hydroxylation sites is 1. The van der Waals surface area contributed by atoms with E-state index >= 15 is 0 Å². The van der Waals surface area contributed by atoms with Gasteiger partial charge in [-0.3, -0.25) is 0 Å². The summed E-state index contributed by atoms with van der Waals surface area (Å²) in [6.07, 6.45) is 2.26. The van der Waals surface area contributed by atoms with Gasteiger partial charge in [0.05, 0.1) is 0 Å². The van der Waals surface area contributed by atoms with Crippen molar-refractivity contribution in [2.75, 3.05) is 13.1 Å². The number of rotatable bonds is 2. The number of nitrogens with zero attached hydrogens (tertiary/aromatic N) is 1. The maximum Gasteiger partial charge on any atom is 0.415 e. The first-order valence-corrected chi connectivity index (χ1v) is 5.76. The van der Waals surface area contributed by atoms with Crippen LogP contribution >= 0.6 is 0 Å². The standard InChI is InChI=1S/C13H15NO3/c15-10-11-5-4-8-14(9-11)13(16)17-12-6-2-1-3-7-12/h1-3,6-7,10-11H,4-5,8-9H2. The van der Waals surface area contributed by atoms with Crippen LogP contribution in [-0.2, 0) is 4.79 Å². The Morgan fingerprint density at radius 2 is 2.12 bits per heavy atom. The SMILES string of the molecule is O=CC1CCCN(C(=O)Oc2ccccc2)C1. The van der Waals surface area contributed by atoms with Crippen molar-refractivity contribution in [2.45, 2.75) is 12.8 Å². The van der Waals surface area contributed by atoms with Gasteiger partial charge in [-0.1, -0.05) is 18.2 Å². The van der Waals surface area contributed by atoms with Gasteiger partial charge in [-0.25, -0.2) is 4.79 Å². The summed E-state index contributed by atoms with van der Waals surface area (Å²) in [6, 6.07) is 8.96. The first-order chi connectivity index (χ1) is 8.29. The number of aldehydes is 1. The number of amides is 1. The van der Waals surface area contributed by atoms with Gasteiger partial charge in [-0.15, -0.1) is 0 Å². The maximum absolute atomic E-state index is 11.8. The summed E-state index contributed by atoms with van der Waals surface area (Å²) < 4.78 is 5.22. The lowest BCUT2D eigenvalue weighted by Crippen LogP contribution is -2.41. The molecule has 0 aromatic heterocycles. The molecule has 0 radical (unpaired) electrons. The molecule has 1 aromatic carbocycles. The van der Waals surface area contributed by atoms with Crippen LogP contribution in [0.3, 0.4) is 0 Å². The number of ether oxygens (including phenoxy) is 1. The van der Waals surface area contributed by atoms with Crippen molar-refractivity contribution in [3.05, 3.63) is 30.3 Å². The molecule has 1 aliphatic rings. The molecule has 2 rings (SSSR count). The van der Waals surface area contributed by atoms with Crippen LogP contribution in [0.25, 0.3) is 0 Å². The van der Waals surface area contributed by atoms with Crippen molar-refractivity contribution in [1.29, 1.82) is 0 Å². The van der Waals surface area contributed by atoms with Gasteiger partial charge in [0, 0.05) is 19.0 Å². The van der Waals surface area contributed by atoms with Gasteiger partial charge < -0.3 is 14.4 Å². The van der Waals surface area contributed by atoms with Crippen LogP contribution in [0, 0.1) is 5.92 Å². The van der Waals surface area contributed by atoms with Crippen LogP contribution in [0.2, 0.25) is 0 Å². The predicted molar refractivity (Wildman–Crippen MR) is 62.8 cm³/mol. The third-order valence-electron chi connectivity index (χ3n) is 2.86. The molecule has 1 saturated heterocycles. The third-order valence-corrected chi connectivity index (χ3v) is 2.86. The average Bonchev–Trinajstić information content (AvgIpc) is 2.40. The largest absolute Gasteiger partial charge is 0.415 e. The molecule has 1 fully saturated rings. The average molecular weight is 233 g/mol. The molecule has 0 aliphatic carbocycles. The molecule has 1 unspecified atom stereocenters. The van der Waals surface area contributed by atoms with Gasteiger partial charge in [0.15, 0.2) is 0 Å². The summed E-state index contributed by atoms with van der Waals surface area (Å²) in [5, 5.41) is 0. The molecule has 4 nitrogen and oxygen atoms in total.